The highest BCUT2D eigenvalue weighted by atomic mass is 79.9. The van der Waals surface area contributed by atoms with Crippen molar-refractivity contribution in [2.45, 2.75) is 20.0 Å². The van der Waals surface area contributed by atoms with Gasteiger partial charge in [-0.2, -0.15) is 0 Å². The first-order chi connectivity index (χ1) is 6.63. The molecule has 78 valence electrons. The number of hydrogen-bond acceptors (Lipinski definition) is 3. The second kappa shape index (κ2) is 5.32. The SMILES string of the molecule is CNCC(C)Oc1cc(C)c(Br)cn1. The van der Waals surface area contributed by atoms with E-state index >= 15 is 0 Å². The normalized spacial score (nSPS) is 12.6. The molecule has 14 heavy (non-hydrogen) atoms. The maximum Gasteiger partial charge on any atom is 0.213 e. The minimum atomic E-state index is 0.132. The van der Waals surface area contributed by atoms with E-state index in [0.717, 1.165) is 16.6 Å². The highest BCUT2D eigenvalue weighted by Gasteiger charge is 2.04. The summed E-state index contributed by atoms with van der Waals surface area (Å²) in [4.78, 5) is 4.16. The van der Waals surface area contributed by atoms with Crippen LogP contribution >= 0.6 is 15.9 Å². The van der Waals surface area contributed by atoms with E-state index in [9.17, 15) is 0 Å². The highest BCUT2D eigenvalue weighted by molar-refractivity contribution is 9.10. The van der Waals surface area contributed by atoms with Crippen LogP contribution in [0.4, 0.5) is 0 Å². The van der Waals surface area contributed by atoms with Crippen LogP contribution in [-0.4, -0.2) is 24.7 Å². The monoisotopic (exact) mass is 258 g/mol. The molecule has 0 spiro atoms. The van der Waals surface area contributed by atoms with Crippen molar-refractivity contribution in [3.63, 3.8) is 0 Å². The van der Waals surface area contributed by atoms with Gasteiger partial charge < -0.3 is 10.1 Å². The lowest BCUT2D eigenvalue weighted by molar-refractivity contribution is 0.211. The van der Waals surface area contributed by atoms with Gasteiger partial charge in [-0.15, -0.1) is 0 Å². The van der Waals surface area contributed by atoms with Crippen molar-refractivity contribution in [2.75, 3.05) is 13.6 Å². The summed E-state index contributed by atoms with van der Waals surface area (Å²) in [6, 6.07) is 1.93. The van der Waals surface area contributed by atoms with Gasteiger partial charge in [0.2, 0.25) is 5.88 Å². The number of aromatic nitrogens is 1. The molecule has 1 N–H and O–H groups in total. The minimum absolute atomic E-state index is 0.132. The average molecular weight is 259 g/mol. The molecule has 1 unspecified atom stereocenters. The molecule has 1 heterocycles. The standard InChI is InChI=1S/C10H15BrN2O/c1-7-4-10(13-6-9(7)11)14-8(2)5-12-3/h4,6,8,12H,5H2,1-3H3. The first-order valence-corrected chi connectivity index (χ1v) is 5.36. The van der Waals surface area contributed by atoms with E-state index in [2.05, 4.69) is 26.2 Å². The average Bonchev–Trinajstić information content (AvgIpc) is 2.12. The van der Waals surface area contributed by atoms with Gasteiger partial charge in [-0.1, -0.05) is 0 Å². The summed E-state index contributed by atoms with van der Waals surface area (Å²) in [5.74, 6) is 0.674. The minimum Gasteiger partial charge on any atom is -0.473 e. The van der Waals surface area contributed by atoms with Crippen LogP contribution in [0.25, 0.3) is 0 Å². The predicted molar refractivity (Wildman–Crippen MR) is 60.7 cm³/mol. The zero-order valence-corrected chi connectivity index (χ0v) is 10.3. The topological polar surface area (TPSA) is 34.1 Å². The Morgan fingerprint density at radius 1 is 1.64 bits per heavy atom. The van der Waals surface area contributed by atoms with Gasteiger partial charge in [-0.05, 0) is 42.4 Å². The summed E-state index contributed by atoms with van der Waals surface area (Å²) < 4.78 is 6.60. The Balaban J connectivity index is 2.63. The lowest BCUT2D eigenvalue weighted by atomic mass is 10.3. The fourth-order valence-electron chi connectivity index (χ4n) is 1.11. The van der Waals surface area contributed by atoms with Gasteiger partial charge in [-0.25, -0.2) is 4.98 Å². The molecule has 1 aromatic heterocycles. The summed E-state index contributed by atoms with van der Waals surface area (Å²) in [5.41, 5.74) is 1.13. The Kier molecular flexibility index (Phi) is 4.35. The smallest absolute Gasteiger partial charge is 0.213 e. The summed E-state index contributed by atoms with van der Waals surface area (Å²) in [6.45, 7) is 4.84. The Hall–Kier alpha value is -0.610. The van der Waals surface area contributed by atoms with Crippen LogP contribution in [-0.2, 0) is 0 Å². The largest absolute Gasteiger partial charge is 0.473 e. The molecule has 0 aliphatic rings. The van der Waals surface area contributed by atoms with Crippen LogP contribution in [0.3, 0.4) is 0 Å². The van der Waals surface area contributed by atoms with Crippen molar-refractivity contribution in [1.29, 1.82) is 0 Å². The van der Waals surface area contributed by atoms with Crippen molar-refractivity contribution in [3.05, 3.63) is 22.3 Å². The van der Waals surface area contributed by atoms with E-state index in [1.54, 1.807) is 6.20 Å². The van der Waals surface area contributed by atoms with Crippen LogP contribution < -0.4 is 10.1 Å². The molecule has 4 heteroatoms. The lowest BCUT2D eigenvalue weighted by Crippen LogP contribution is -2.26. The molecular weight excluding hydrogens is 244 g/mol. The molecule has 1 atom stereocenters. The van der Waals surface area contributed by atoms with Crippen molar-refractivity contribution in [2.24, 2.45) is 0 Å². The Labute approximate surface area is 93.0 Å². The summed E-state index contributed by atoms with van der Waals surface area (Å²) >= 11 is 3.40. The number of aryl methyl sites for hydroxylation is 1. The first-order valence-electron chi connectivity index (χ1n) is 4.57. The molecule has 0 aliphatic carbocycles. The maximum atomic E-state index is 5.60. The van der Waals surface area contributed by atoms with Crippen LogP contribution in [0.5, 0.6) is 5.88 Å². The second-order valence-corrected chi connectivity index (χ2v) is 4.11. The van der Waals surface area contributed by atoms with E-state index in [1.165, 1.54) is 0 Å². The van der Waals surface area contributed by atoms with Gasteiger partial charge in [0.05, 0.1) is 0 Å². The Bertz CT molecular complexity index is 304. The van der Waals surface area contributed by atoms with Gasteiger partial charge >= 0.3 is 0 Å². The van der Waals surface area contributed by atoms with Crippen molar-refractivity contribution >= 4 is 15.9 Å². The fourth-order valence-corrected chi connectivity index (χ4v) is 1.33. The van der Waals surface area contributed by atoms with E-state index in [1.807, 2.05) is 27.0 Å². The number of halogens is 1. The molecule has 0 fully saturated rings. The predicted octanol–water partition coefficient (Wildman–Crippen LogP) is 2.14. The van der Waals surface area contributed by atoms with Gasteiger partial charge in [0.15, 0.2) is 0 Å². The number of nitrogens with one attached hydrogen (secondary N) is 1. The Morgan fingerprint density at radius 2 is 2.36 bits per heavy atom. The quantitative estimate of drug-likeness (QED) is 0.899. The zero-order chi connectivity index (χ0) is 10.6. The molecule has 0 amide bonds. The lowest BCUT2D eigenvalue weighted by Gasteiger charge is -2.13. The van der Waals surface area contributed by atoms with Crippen molar-refractivity contribution in [1.82, 2.24) is 10.3 Å². The molecule has 3 nitrogen and oxygen atoms in total. The number of likely N-dealkylation sites (N-methyl/N-ethyl adjacent to an activating group) is 1. The number of rotatable bonds is 4. The fraction of sp³-hybridized carbons (Fsp3) is 0.500. The van der Waals surface area contributed by atoms with Crippen LogP contribution in [0.2, 0.25) is 0 Å². The van der Waals surface area contributed by atoms with Crippen molar-refractivity contribution < 1.29 is 4.74 Å². The van der Waals surface area contributed by atoms with E-state index in [0.29, 0.717) is 5.88 Å². The van der Waals surface area contributed by atoms with Gasteiger partial charge in [0, 0.05) is 23.3 Å². The summed E-state index contributed by atoms with van der Waals surface area (Å²) in [7, 11) is 1.90. The van der Waals surface area contributed by atoms with Crippen molar-refractivity contribution in [3.8, 4) is 5.88 Å². The number of hydrogen-bond donors (Lipinski definition) is 1. The second-order valence-electron chi connectivity index (χ2n) is 3.26. The first kappa shape index (κ1) is 11.5. The molecule has 0 aromatic carbocycles. The van der Waals surface area contributed by atoms with Gasteiger partial charge in [0.25, 0.3) is 0 Å². The molecule has 0 bridgehead atoms. The summed E-state index contributed by atoms with van der Waals surface area (Å²) in [6.07, 6.45) is 1.89. The maximum absolute atomic E-state index is 5.60. The molecular formula is C10H15BrN2O. The summed E-state index contributed by atoms with van der Waals surface area (Å²) in [5, 5.41) is 3.05. The molecule has 1 rings (SSSR count). The number of ether oxygens (including phenoxy) is 1. The number of nitrogens with zero attached hydrogens (tertiary/aromatic N) is 1. The third-order valence-electron chi connectivity index (χ3n) is 1.84. The van der Waals surface area contributed by atoms with Crippen LogP contribution in [0.1, 0.15) is 12.5 Å². The third kappa shape index (κ3) is 3.27. The van der Waals surface area contributed by atoms with E-state index in [-0.39, 0.29) is 6.10 Å². The van der Waals surface area contributed by atoms with Gasteiger partial charge in [-0.3, -0.25) is 0 Å². The highest BCUT2D eigenvalue weighted by Crippen LogP contribution is 2.19. The molecule has 0 aliphatic heterocycles. The van der Waals surface area contributed by atoms with E-state index in [4.69, 9.17) is 4.74 Å². The Morgan fingerprint density at radius 3 is 2.93 bits per heavy atom. The van der Waals surface area contributed by atoms with Gasteiger partial charge in [0.1, 0.15) is 6.10 Å². The van der Waals surface area contributed by atoms with Crippen LogP contribution in [0.15, 0.2) is 16.7 Å². The molecule has 0 radical (unpaired) electrons. The number of pyridine rings is 1. The third-order valence-corrected chi connectivity index (χ3v) is 2.67. The zero-order valence-electron chi connectivity index (χ0n) is 8.67. The van der Waals surface area contributed by atoms with E-state index < -0.39 is 0 Å². The molecule has 0 saturated heterocycles. The molecule has 0 saturated carbocycles. The molecule has 1 aromatic rings. The van der Waals surface area contributed by atoms with Crippen LogP contribution in [0, 0.1) is 6.92 Å².